The molecule has 1 aliphatic carbocycles. The third-order valence-corrected chi connectivity index (χ3v) is 4.88. The van der Waals surface area contributed by atoms with Crippen LogP contribution in [0.4, 0.5) is 9.59 Å². The van der Waals surface area contributed by atoms with E-state index >= 15 is 0 Å². The second-order valence-electron chi connectivity index (χ2n) is 8.29. The minimum atomic E-state index is -1.68. The number of ether oxygens (including phenoxy) is 2. The average molecular weight is 468 g/mol. The van der Waals surface area contributed by atoms with Crippen molar-refractivity contribution in [2.45, 2.75) is 55.1 Å². The highest BCUT2D eigenvalue weighted by molar-refractivity contribution is 6.67. The molecule has 0 radical (unpaired) electrons. The number of halogens is 3. The lowest BCUT2D eigenvalue weighted by Gasteiger charge is -2.41. The van der Waals surface area contributed by atoms with Gasteiger partial charge in [0.2, 0.25) is 3.79 Å². The number of carbonyl (C=O) groups is 2. The first kappa shape index (κ1) is 22.3. The lowest BCUT2D eigenvalue weighted by Crippen LogP contribution is -2.53. The first-order chi connectivity index (χ1) is 13.4. The van der Waals surface area contributed by atoms with Crippen molar-refractivity contribution in [2.75, 3.05) is 26.2 Å². The van der Waals surface area contributed by atoms with E-state index in [4.69, 9.17) is 44.3 Å². The first-order valence-electron chi connectivity index (χ1n) is 9.45. The Morgan fingerprint density at radius 1 is 1.17 bits per heavy atom. The average Bonchev–Trinajstić information content (AvgIpc) is 3.34. The van der Waals surface area contributed by atoms with Gasteiger partial charge in [0.25, 0.3) is 0 Å². The predicted octanol–water partition coefficient (Wildman–Crippen LogP) is 4.32. The molecule has 1 unspecified atom stereocenters. The minimum absolute atomic E-state index is 0.230. The van der Waals surface area contributed by atoms with Crippen LogP contribution in [0.15, 0.2) is 12.4 Å². The normalized spacial score (nSPS) is 20.6. The molecule has 3 rings (SSSR count). The van der Waals surface area contributed by atoms with E-state index < -0.39 is 27.6 Å². The van der Waals surface area contributed by atoms with Crippen molar-refractivity contribution in [2.24, 2.45) is 0 Å². The lowest BCUT2D eigenvalue weighted by atomic mass is 10.1. The van der Waals surface area contributed by atoms with E-state index in [1.165, 1.54) is 4.90 Å². The molecule has 11 heteroatoms. The van der Waals surface area contributed by atoms with E-state index in [1.807, 2.05) is 31.6 Å². The lowest BCUT2D eigenvalue weighted by molar-refractivity contribution is -0.00299. The van der Waals surface area contributed by atoms with Gasteiger partial charge in [0.15, 0.2) is 0 Å². The van der Waals surface area contributed by atoms with Gasteiger partial charge in [-0.3, -0.25) is 9.58 Å². The molecular weight excluding hydrogens is 443 g/mol. The smallest absolute Gasteiger partial charge is 0.410 e. The second-order valence-corrected chi connectivity index (χ2v) is 10.8. The van der Waals surface area contributed by atoms with Gasteiger partial charge in [-0.25, -0.2) is 9.59 Å². The van der Waals surface area contributed by atoms with Gasteiger partial charge in [-0.2, -0.15) is 5.10 Å². The summed E-state index contributed by atoms with van der Waals surface area (Å²) >= 11 is 17.0. The summed E-state index contributed by atoms with van der Waals surface area (Å²) in [5.74, 6) is 0. The summed E-state index contributed by atoms with van der Waals surface area (Å²) in [4.78, 5) is 28.3. The van der Waals surface area contributed by atoms with Crippen LogP contribution >= 0.6 is 34.8 Å². The Morgan fingerprint density at radius 3 is 2.45 bits per heavy atom. The maximum absolute atomic E-state index is 12.8. The molecule has 1 saturated heterocycles. The zero-order valence-corrected chi connectivity index (χ0v) is 18.9. The Bertz CT molecular complexity index is 755. The molecule has 2 amide bonds. The summed E-state index contributed by atoms with van der Waals surface area (Å²) in [5, 5.41) is 4.41. The standard InChI is InChI=1S/C18H25Cl3N4O4/c1-17(2,3)29-16(27)24-7-6-23(15(26)28-11-18(19,20)21)10-14(24)12-8-22-25(9-12)13-4-5-13/h8-9,13-14H,4-7,10-11H2,1-3H3. The van der Waals surface area contributed by atoms with Crippen LogP contribution in [0.2, 0.25) is 0 Å². The van der Waals surface area contributed by atoms with Crippen LogP contribution in [0, 0.1) is 0 Å². The third kappa shape index (κ3) is 6.30. The molecule has 8 nitrogen and oxygen atoms in total. The van der Waals surface area contributed by atoms with Crippen LogP contribution in [0.5, 0.6) is 0 Å². The van der Waals surface area contributed by atoms with Gasteiger partial charge in [0, 0.05) is 31.4 Å². The molecule has 29 heavy (non-hydrogen) atoms. The van der Waals surface area contributed by atoms with Crippen LogP contribution in [0.1, 0.15) is 51.3 Å². The number of carbonyl (C=O) groups excluding carboxylic acids is 2. The number of rotatable bonds is 3. The highest BCUT2D eigenvalue weighted by atomic mass is 35.6. The maximum atomic E-state index is 12.8. The Morgan fingerprint density at radius 2 is 1.86 bits per heavy atom. The molecule has 1 atom stereocenters. The molecule has 0 N–H and O–H groups in total. The fraction of sp³-hybridized carbons (Fsp3) is 0.722. The summed E-state index contributed by atoms with van der Waals surface area (Å²) in [7, 11) is 0. The van der Waals surface area contributed by atoms with Crippen molar-refractivity contribution < 1.29 is 19.1 Å². The van der Waals surface area contributed by atoms with Crippen LogP contribution in [0.3, 0.4) is 0 Å². The summed E-state index contributed by atoms with van der Waals surface area (Å²) in [6, 6.07) is -0.000849. The molecule has 1 aromatic heterocycles. The fourth-order valence-electron chi connectivity index (χ4n) is 3.07. The van der Waals surface area contributed by atoms with Crippen molar-refractivity contribution in [1.82, 2.24) is 19.6 Å². The van der Waals surface area contributed by atoms with Crippen molar-refractivity contribution in [3.05, 3.63) is 18.0 Å². The van der Waals surface area contributed by atoms with Gasteiger partial charge in [-0.05, 0) is 33.6 Å². The van der Waals surface area contributed by atoms with Gasteiger partial charge in [0.1, 0.15) is 12.2 Å². The van der Waals surface area contributed by atoms with Crippen LogP contribution in [0.25, 0.3) is 0 Å². The minimum Gasteiger partial charge on any atom is -0.445 e. The topological polar surface area (TPSA) is 76.9 Å². The van der Waals surface area contributed by atoms with Gasteiger partial charge in [-0.1, -0.05) is 34.8 Å². The highest BCUT2D eigenvalue weighted by Crippen LogP contribution is 2.36. The maximum Gasteiger partial charge on any atom is 0.410 e. The molecule has 0 aromatic carbocycles. The third-order valence-electron chi connectivity index (χ3n) is 4.55. The summed E-state index contributed by atoms with van der Waals surface area (Å²) in [6.45, 7) is 5.89. The number of nitrogens with zero attached hydrogens (tertiary/aromatic N) is 4. The molecule has 1 aromatic rings. The van der Waals surface area contributed by atoms with Crippen molar-refractivity contribution in [3.63, 3.8) is 0 Å². The van der Waals surface area contributed by atoms with Crippen LogP contribution < -0.4 is 0 Å². The summed E-state index contributed by atoms with van der Waals surface area (Å²) < 4.78 is 10.9. The Labute approximate surface area is 184 Å². The number of piperazine rings is 1. The molecule has 0 spiro atoms. The molecule has 1 saturated carbocycles. The summed E-state index contributed by atoms with van der Waals surface area (Å²) in [6.07, 6.45) is 4.82. The fourth-order valence-corrected chi connectivity index (χ4v) is 3.24. The van der Waals surface area contributed by atoms with Crippen LogP contribution in [-0.2, 0) is 9.47 Å². The number of amides is 2. The van der Waals surface area contributed by atoms with Crippen molar-refractivity contribution >= 4 is 47.0 Å². The molecule has 2 heterocycles. The predicted molar refractivity (Wildman–Crippen MR) is 109 cm³/mol. The SMILES string of the molecule is CC(C)(C)OC(=O)N1CCN(C(=O)OCC(Cl)(Cl)Cl)CC1c1cnn(C2CC2)c1. The number of hydrogen-bond donors (Lipinski definition) is 0. The first-order valence-corrected chi connectivity index (χ1v) is 10.6. The second kappa shape index (κ2) is 8.40. The van der Waals surface area contributed by atoms with Crippen molar-refractivity contribution in [1.29, 1.82) is 0 Å². The molecule has 162 valence electrons. The zero-order valence-electron chi connectivity index (χ0n) is 16.6. The molecule has 1 aliphatic heterocycles. The quantitative estimate of drug-likeness (QED) is 0.619. The van der Waals surface area contributed by atoms with E-state index in [-0.39, 0.29) is 26.2 Å². The van der Waals surface area contributed by atoms with Gasteiger partial charge >= 0.3 is 12.2 Å². The van der Waals surface area contributed by atoms with Crippen LogP contribution in [-0.4, -0.2) is 67.4 Å². The zero-order chi connectivity index (χ0) is 21.4. The van der Waals surface area contributed by atoms with E-state index in [1.54, 1.807) is 11.1 Å². The summed E-state index contributed by atoms with van der Waals surface area (Å²) in [5.41, 5.74) is 0.210. The van der Waals surface area contributed by atoms with Gasteiger partial charge in [-0.15, -0.1) is 0 Å². The molecule has 0 bridgehead atoms. The Kier molecular flexibility index (Phi) is 6.46. The molecule has 2 fully saturated rings. The van der Waals surface area contributed by atoms with E-state index in [2.05, 4.69) is 5.10 Å². The molecular formula is C18H25Cl3N4O4. The Balaban J connectivity index is 1.75. The van der Waals surface area contributed by atoms with Crippen molar-refractivity contribution in [3.8, 4) is 0 Å². The largest absolute Gasteiger partial charge is 0.445 e. The van der Waals surface area contributed by atoms with Gasteiger partial charge in [0.05, 0.1) is 18.3 Å². The Hall–Kier alpha value is -1.38. The van der Waals surface area contributed by atoms with Gasteiger partial charge < -0.3 is 14.4 Å². The number of hydrogen-bond acceptors (Lipinski definition) is 5. The number of aromatic nitrogens is 2. The molecule has 2 aliphatic rings. The highest BCUT2D eigenvalue weighted by Gasteiger charge is 2.38. The number of alkyl halides is 3. The van der Waals surface area contributed by atoms with E-state index in [0.717, 1.165) is 18.4 Å². The van der Waals surface area contributed by atoms with E-state index in [9.17, 15) is 9.59 Å². The monoisotopic (exact) mass is 466 g/mol. The van der Waals surface area contributed by atoms with E-state index in [0.29, 0.717) is 6.04 Å².